The first-order chi connectivity index (χ1) is 8.62. The molecule has 102 valence electrons. The van der Waals surface area contributed by atoms with Gasteiger partial charge < -0.3 is 4.98 Å². The lowest BCUT2D eigenvalue weighted by molar-refractivity contribution is 0.578. The molecule has 8 heteroatoms. The van der Waals surface area contributed by atoms with Gasteiger partial charge in [0.25, 0.3) is 10.0 Å². The van der Waals surface area contributed by atoms with Crippen LogP contribution < -0.4 is 4.72 Å². The maximum atomic E-state index is 12.0. The highest BCUT2D eigenvalue weighted by Gasteiger charge is 2.20. The van der Waals surface area contributed by atoms with Gasteiger partial charge in [-0.05, 0) is 0 Å². The third-order valence-corrected chi connectivity index (χ3v) is 6.79. The maximum absolute atomic E-state index is 12.0. The van der Waals surface area contributed by atoms with Crippen molar-refractivity contribution in [2.75, 3.05) is 23.8 Å². The van der Waals surface area contributed by atoms with Gasteiger partial charge in [0.2, 0.25) is 0 Å². The normalized spacial score (nSPS) is 21.1. The highest BCUT2D eigenvalue weighted by Crippen LogP contribution is 2.23. The van der Waals surface area contributed by atoms with E-state index in [9.17, 15) is 8.42 Å². The van der Waals surface area contributed by atoms with Gasteiger partial charge in [0.1, 0.15) is 5.82 Å². The van der Waals surface area contributed by atoms with Crippen LogP contribution in [0, 0.1) is 0 Å². The second-order valence-corrected chi connectivity index (χ2v) is 8.26. The van der Waals surface area contributed by atoms with Gasteiger partial charge in [-0.1, -0.05) is 6.92 Å². The van der Waals surface area contributed by atoms with E-state index in [2.05, 4.69) is 14.7 Å². The van der Waals surface area contributed by atoms with Crippen LogP contribution in [0.25, 0.3) is 0 Å². The van der Waals surface area contributed by atoms with Crippen LogP contribution in [0.5, 0.6) is 0 Å². The molecule has 1 saturated heterocycles. The molecule has 2 N–H and O–H groups in total. The fraction of sp³-hybridized carbons (Fsp3) is 0.700. The summed E-state index contributed by atoms with van der Waals surface area (Å²) < 4.78 is 26.7. The van der Waals surface area contributed by atoms with Gasteiger partial charge in [0.15, 0.2) is 5.03 Å². The number of hydrogen-bond acceptors (Lipinski definition) is 5. The molecule has 1 aromatic heterocycles. The molecule has 0 radical (unpaired) electrons. The maximum Gasteiger partial charge on any atom is 0.257 e. The SMILES string of the molecule is CCc1ncc(S(=O)(=O)NCC2CSCCS2)[nH]1. The Morgan fingerprint density at radius 1 is 1.56 bits per heavy atom. The van der Waals surface area contributed by atoms with Crippen molar-refractivity contribution in [3.05, 3.63) is 12.0 Å². The zero-order chi connectivity index (χ0) is 13.0. The van der Waals surface area contributed by atoms with Crippen LogP contribution in [0.3, 0.4) is 0 Å². The van der Waals surface area contributed by atoms with Crippen LogP contribution in [0.15, 0.2) is 11.2 Å². The molecule has 1 aliphatic rings. The molecule has 5 nitrogen and oxygen atoms in total. The Morgan fingerprint density at radius 3 is 3.00 bits per heavy atom. The lowest BCUT2D eigenvalue weighted by Crippen LogP contribution is -2.33. The minimum Gasteiger partial charge on any atom is -0.332 e. The van der Waals surface area contributed by atoms with E-state index in [1.54, 1.807) is 0 Å². The third-order valence-electron chi connectivity index (χ3n) is 2.62. The molecule has 2 rings (SSSR count). The third kappa shape index (κ3) is 3.66. The minimum absolute atomic E-state index is 0.160. The summed E-state index contributed by atoms with van der Waals surface area (Å²) in [6.45, 7) is 2.42. The van der Waals surface area contributed by atoms with Crippen LogP contribution in [0.4, 0.5) is 0 Å². The van der Waals surface area contributed by atoms with Crippen molar-refractivity contribution in [1.29, 1.82) is 0 Å². The fourth-order valence-electron chi connectivity index (χ4n) is 1.59. The van der Waals surface area contributed by atoms with Crippen molar-refractivity contribution in [3.8, 4) is 0 Å². The molecule has 1 aliphatic heterocycles. The number of aryl methyl sites for hydroxylation is 1. The van der Waals surface area contributed by atoms with Gasteiger partial charge in [0.05, 0.1) is 6.20 Å². The van der Waals surface area contributed by atoms with Gasteiger partial charge in [-0.25, -0.2) is 18.1 Å². The number of sulfonamides is 1. The van der Waals surface area contributed by atoms with Crippen molar-refractivity contribution in [2.24, 2.45) is 0 Å². The average molecular weight is 307 g/mol. The summed E-state index contributed by atoms with van der Waals surface area (Å²) in [7, 11) is -3.44. The number of hydrogen-bond donors (Lipinski definition) is 2. The van der Waals surface area contributed by atoms with Gasteiger partial charge in [-0.2, -0.15) is 23.5 Å². The first-order valence-electron chi connectivity index (χ1n) is 5.84. The quantitative estimate of drug-likeness (QED) is 0.852. The molecule has 0 bridgehead atoms. The smallest absolute Gasteiger partial charge is 0.257 e. The van der Waals surface area contributed by atoms with Gasteiger partial charge in [0, 0.05) is 35.5 Å². The van der Waals surface area contributed by atoms with Crippen molar-refractivity contribution >= 4 is 33.5 Å². The van der Waals surface area contributed by atoms with Crippen molar-refractivity contribution in [2.45, 2.75) is 23.6 Å². The standard InChI is InChI=1S/C10H17N3O2S3/c1-2-9-11-6-10(13-9)18(14,15)12-5-8-7-16-3-4-17-8/h6,8,12H,2-5,7H2,1H3,(H,11,13). The van der Waals surface area contributed by atoms with E-state index in [0.717, 1.165) is 17.3 Å². The molecule has 1 atom stereocenters. The Morgan fingerprint density at radius 2 is 2.39 bits per heavy atom. The van der Waals surface area contributed by atoms with Crippen molar-refractivity contribution in [3.63, 3.8) is 0 Å². The monoisotopic (exact) mass is 307 g/mol. The van der Waals surface area contributed by atoms with Crippen LogP contribution in [0.1, 0.15) is 12.7 Å². The number of imidazole rings is 1. The Kier molecular flexibility index (Phi) is 4.99. The lowest BCUT2D eigenvalue weighted by Gasteiger charge is -2.20. The second-order valence-electron chi connectivity index (χ2n) is 3.97. The zero-order valence-corrected chi connectivity index (χ0v) is 12.6. The van der Waals surface area contributed by atoms with Crippen LogP contribution in [-0.4, -0.2) is 47.4 Å². The molecule has 18 heavy (non-hydrogen) atoms. The van der Waals surface area contributed by atoms with E-state index < -0.39 is 10.0 Å². The van der Waals surface area contributed by atoms with E-state index in [4.69, 9.17) is 0 Å². The summed E-state index contributed by atoms with van der Waals surface area (Å²) >= 11 is 3.72. The Hall–Kier alpha value is -0.180. The van der Waals surface area contributed by atoms with Crippen LogP contribution in [-0.2, 0) is 16.4 Å². The number of thioether (sulfide) groups is 2. The first kappa shape index (κ1) is 14.2. The number of aromatic nitrogens is 2. The predicted octanol–water partition coefficient (Wildman–Crippen LogP) is 1.10. The molecule has 0 amide bonds. The summed E-state index contributed by atoms with van der Waals surface area (Å²) in [6.07, 6.45) is 2.08. The van der Waals surface area contributed by atoms with Crippen molar-refractivity contribution in [1.82, 2.24) is 14.7 Å². The molecule has 1 unspecified atom stereocenters. The molecule has 1 aromatic rings. The van der Waals surface area contributed by atoms with Crippen LogP contribution in [0.2, 0.25) is 0 Å². The summed E-state index contributed by atoms with van der Waals surface area (Å²) in [5, 5.41) is 0.528. The highest BCUT2D eigenvalue weighted by atomic mass is 32.2. The van der Waals surface area contributed by atoms with Gasteiger partial charge >= 0.3 is 0 Å². The van der Waals surface area contributed by atoms with E-state index >= 15 is 0 Å². The zero-order valence-electron chi connectivity index (χ0n) is 10.2. The second kappa shape index (κ2) is 6.31. The summed E-state index contributed by atoms with van der Waals surface area (Å²) in [5.41, 5.74) is 0. The summed E-state index contributed by atoms with van der Waals surface area (Å²) in [6, 6.07) is 0. The van der Waals surface area contributed by atoms with Gasteiger partial charge in [-0.15, -0.1) is 0 Å². The molecule has 1 fully saturated rings. The number of aromatic amines is 1. The minimum atomic E-state index is -3.44. The number of H-pyrrole nitrogens is 1. The number of nitrogens with one attached hydrogen (secondary N) is 2. The predicted molar refractivity (Wildman–Crippen MR) is 76.7 cm³/mol. The molecule has 0 saturated carbocycles. The molecular weight excluding hydrogens is 290 g/mol. The molecule has 0 spiro atoms. The van der Waals surface area contributed by atoms with Gasteiger partial charge in [-0.3, -0.25) is 0 Å². The van der Waals surface area contributed by atoms with E-state index in [1.165, 1.54) is 6.20 Å². The molecule has 2 heterocycles. The first-order valence-corrected chi connectivity index (χ1v) is 9.53. The van der Waals surface area contributed by atoms with Crippen LogP contribution >= 0.6 is 23.5 Å². The number of nitrogens with zero attached hydrogens (tertiary/aromatic N) is 1. The molecule has 0 aliphatic carbocycles. The summed E-state index contributed by atoms with van der Waals surface area (Å²) in [5.74, 6) is 3.96. The van der Waals surface area contributed by atoms with E-state index in [-0.39, 0.29) is 5.03 Å². The van der Waals surface area contributed by atoms with E-state index in [1.807, 2.05) is 30.4 Å². The average Bonchev–Trinajstić information content (AvgIpc) is 2.87. The molecule has 0 aromatic carbocycles. The number of rotatable bonds is 5. The van der Waals surface area contributed by atoms with E-state index in [0.29, 0.717) is 24.0 Å². The summed E-state index contributed by atoms with van der Waals surface area (Å²) in [4.78, 5) is 6.83. The highest BCUT2D eigenvalue weighted by molar-refractivity contribution is 8.06. The lowest BCUT2D eigenvalue weighted by atomic mass is 10.5. The van der Waals surface area contributed by atoms with Crippen molar-refractivity contribution < 1.29 is 8.42 Å². The topological polar surface area (TPSA) is 74.8 Å². The Balaban J connectivity index is 1.94. The fourth-order valence-corrected chi connectivity index (χ4v) is 5.33. The molecular formula is C10H17N3O2S3. The Labute approximate surface area is 116 Å². The largest absolute Gasteiger partial charge is 0.332 e. The Bertz CT molecular complexity index is 480.